The van der Waals surface area contributed by atoms with Crippen LogP contribution in [0.15, 0.2) is 30.3 Å². The van der Waals surface area contributed by atoms with Crippen LogP contribution in [0, 0.1) is 17.3 Å². The lowest BCUT2D eigenvalue weighted by atomic mass is 9.48. The first-order valence-corrected chi connectivity index (χ1v) is 9.41. The van der Waals surface area contributed by atoms with E-state index in [1.54, 1.807) is 30.3 Å². The van der Waals surface area contributed by atoms with Crippen LogP contribution in [0.25, 0.3) is 0 Å². The van der Waals surface area contributed by atoms with E-state index in [2.05, 4.69) is 10.9 Å². The predicted octanol–water partition coefficient (Wildman–Crippen LogP) is 1.32. The van der Waals surface area contributed by atoms with Crippen molar-refractivity contribution in [2.24, 2.45) is 17.3 Å². The number of rotatable bonds is 4. The van der Waals surface area contributed by atoms with Crippen LogP contribution in [0.4, 0.5) is 0 Å². The molecule has 0 aliphatic heterocycles. The summed E-state index contributed by atoms with van der Waals surface area (Å²) in [4.78, 5) is 36.5. The Bertz CT molecular complexity index is 749. The highest BCUT2D eigenvalue weighted by atomic mass is 16.5. The van der Waals surface area contributed by atoms with Crippen molar-refractivity contribution in [3.8, 4) is 0 Å². The average Bonchev–Trinajstić information content (AvgIpc) is 2.62. The summed E-state index contributed by atoms with van der Waals surface area (Å²) in [6.07, 6.45) is 4.50. The van der Waals surface area contributed by atoms with Gasteiger partial charge < -0.3 is 9.84 Å². The average molecular weight is 372 g/mol. The van der Waals surface area contributed by atoms with Crippen LogP contribution < -0.4 is 10.9 Å². The standard InChI is InChI=1S/C20H24N2O5/c23-16(21-22-17(24)15-4-2-1-3-5-15)11-27-18(25)19-7-13-6-14(8-19)10-20(26,9-13)12-19/h1-5,13-14,26H,6-12H2,(H,21,23)(H,22,24)/t13-,14+,19?,20?. The molecule has 0 saturated heterocycles. The second kappa shape index (κ2) is 6.64. The Labute approximate surface area is 157 Å². The van der Waals surface area contributed by atoms with Gasteiger partial charge in [-0.15, -0.1) is 0 Å². The number of hydrazine groups is 1. The summed E-state index contributed by atoms with van der Waals surface area (Å²) in [7, 11) is 0. The van der Waals surface area contributed by atoms with Gasteiger partial charge in [0.15, 0.2) is 6.61 Å². The molecule has 1 aromatic carbocycles. The Morgan fingerprint density at radius 2 is 1.70 bits per heavy atom. The van der Waals surface area contributed by atoms with Gasteiger partial charge >= 0.3 is 5.97 Å². The zero-order valence-electron chi connectivity index (χ0n) is 15.1. The van der Waals surface area contributed by atoms with Crippen LogP contribution >= 0.6 is 0 Å². The van der Waals surface area contributed by atoms with Gasteiger partial charge in [0, 0.05) is 5.56 Å². The van der Waals surface area contributed by atoms with Crippen LogP contribution in [0.5, 0.6) is 0 Å². The minimum absolute atomic E-state index is 0.364. The molecule has 4 aliphatic rings. The van der Waals surface area contributed by atoms with Crippen molar-refractivity contribution in [3.05, 3.63) is 35.9 Å². The van der Waals surface area contributed by atoms with Gasteiger partial charge in [-0.2, -0.15) is 0 Å². The molecule has 2 unspecified atom stereocenters. The molecule has 0 spiro atoms. The molecule has 4 aliphatic carbocycles. The first kappa shape index (κ1) is 18.0. The van der Waals surface area contributed by atoms with E-state index in [4.69, 9.17) is 4.74 Å². The number of ether oxygens (including phenoxy) is 1. The summed E-state index contributed by atoms with van der Waals surface area (Å²) >= 11 is 0. The molecular weight excluding hydrogens is 348 g/mol. The summed E-state index contributed by atoms with van der Waals surface area (Å²) in [5.74, 6) is -0.722. The van der Waals surface area contributed by atoms with Crippen molar-refractivity contribution in [1.29, 1.82) is 0 Å². The largest absolute Gasteiger partial charge is 0.455 e. The fraction of sp³-hybridized carbons (Fsp3) is 0.550. The van der Waals surface area contributed by atoms with E-state index in [0.717, 1.165) is 32.1 Å². The number of carbonyl (C=O) groups is 3. The van der Waals surface area contributed by atoms with Crippen LogP contribution in [-0.4, -0.2) is 35.1 Å². The molecular formula is C20H24N2O5. The molecule has 4 atom stereocenters. The van der Waals surface area contributed by atoms with E-state index in [0.29, 0.717) is 23.8 Å². The molecule has 0 radical (unpaired) electrons. The second-order valence-electron chi connectivity index (χ2n) is 8.41. The number of hydrogen-bond acceptors (Lipinski definition) is 5. The number of hydrogen-bond donors (Lipinski definition) is 3. The van der Waals surface area contributed by atoms with E-state index in [1.807, 2.05) is 0 Å². The van der Waals surface area contributed by atoms with Gasteiger partial charge in [-0.3, -0.25) is 25.2 Å². The fourth-order valence-corrected chi connectivity index (χ4v) is 5.56. The van der Waals surface area contributed by atoms with Gasteiger partial charge in [-0.25, -0.2) is 0 Å². The van der Waals surface area contributed by atoms with E-state index in [-0.39, 0.29) is 0 Å². The quantitative estimate of drug-likeness (QED) is 0.546. The molecule has 2 amide bonds. The Morgan fingerprint density at radius 1 is 1.04 bits per heavy atom. The lowest BCUT2D eigenvalue weighted by Gasteiger charge is -2.58. The molecule has 5 rings (SSSR count). The first-order chi connectivity index (χ1) is 12.9. The van der Waals surface area contributed by atoms with Crippen molar-refractivity contribution in [3.63, 3.8) is 0 Å². The minimum atomic E-state index is -0.755. The van der Waals surface area contributed by atoms with Crippen LogP contribution in [0.3, 0.4) is 0 Å². The topological polar surface area (TPSA) is 105 Å². The Kier molecular flexibility index (Phi) is 4.42. The van der Waals surface area contributed by atoms with Crippen LogP contribution in [0.1, 0.15) is 48.9 Å². The number of esters is 1. The maximum atomic E-state index is 12.7. The third kappa shape index (κ3) is 3.56. The SMILES string of the molecule is O=C(COC(=O)C12C[C@@H]3C[C@@H](CC(O)(C3)C1)C2)NNC(=O)c1ccccc1. The van der Waals surface area contributed by atoms with E-state index >= 15 is 0 Å². The normalized spacial score (nSPS) is 33.4. The van der Waals surface area contributed by atoms with E-state index < -0.39 is 35.4 Å². The van der Waals surface area contributed by atoms with Crippen molar-refractivity contribution in [2.75, 3.05) is 6.61 Å². The highest BCUT2D eigenvalue weighted by Gasteiger charge is 2.60. The molecule has 144 valence electrons. The molecule has 0 aromatic heterocycles. The first-order valence-electron chi connectivity index (χ1n) is 9.41. The van der Waals surface area contributed by atoms with Gasteiger partial charge in [-0.1, -0.05) is 18.2 Å². The molecule has 7 nitrogen and oxygen atoms in total. The summed E-state index contributed by atoms with van der Waals surface area (Å²) in [5.41, 5.74) is 3.54. The maximum Gasteiger partial charge on any atom is 0.312 e. The Hall–Kier alpha value is -2.41. The second-order valence-corrected chi connectivity index (χ2v) is 8.41. The third-order valence-electron chi connectivity index (χ3n) is 6.15. The smallest absolute Gasteiger partial charge is 0.312 e. The highest BCUT2D eigenvalue weighted by molar-refractivity contribution is 5.95. The summed E-state index contributed by atoms with van der Waals surface area (Å²) in [5, 5.41) is 10.7. The van der Waals surface area contributed by atoms with Gasteiger partial charge in [0.25, 0.3) is 11.8 Å². The van der Waals surface area contributed by atoms with Crippen LogP contribution in [0.2, 0.25) is 0 Å². The van der Waals surface area contributed by atoms with Crippen molar-refractivity contribution < 1.29 is 24.2 Å². The van der Waals surface area contributed by atoms with Crippen molar-refractivity contribution in [2.45, 2.75) is 44.1 Å². The third-order valence-corrected chi connectivity index (χ3v) is 6.15. The van der Waals surface area contributed by atoms with E-state index in [1.165, 1.54) is 0 Å². The van der Waals surface area contributed by atoms with E-state index in [9.17, 15) is 19.5 Å². The molecule has 4 fully saturated rings. The number of benzene rings is 1. The number of nitrogens with one attached hydrogen (secondary N) is 2. The molecule has 1 aromatic rings. The van der Waals surface area contributed by atoms with Gasteiger partial charge in [0.2, 0.25) is 0 Å². The molecule has 4 saturated carbocycles. The predicted molar refractivity (Wildman–Crippen MR) is 95.1 cm³/mol. The maximum absolute atomic E-state index is 12.7. The highest BCUT2D eigenvalue weighted by Crippen LogP contribution is 2.61. The zero-order chi connectivity index (χ0) is 19.1. The molecule has 3 N–H and O–H groups in total. The number of carbonyl (C=O) groups excluding carboxylic acids is 3. The molecule has 4 bridgehead atoms. The van der Waals surface area contributed by atoms with Gasteiger partial charge in [0.05, 0.1) is 11.0 Å². The summed E-state index contributed by atoms with van der Waals surface area (Å²) in [6, 6.07) is 8.48. The van der Waals surface area contributed by atoms with Gasteiger partial charge in [-0.05, 0) is 62.5 Å². The van der Waals surface area contributed by atoms with Gasteiger partial charge in [0.1, 0.15) is 0 Å². The zero-order valence-corrected chi connectivity index (χ0v) is 15.1. The summed E-state index contributed by atoms with van der Waals surface area (Å²) < 4.78 is 5.26. The lowest BCUT2D eigenvalue weighted by molar-refractivity contribution is -0.196. The monoisotopic (exact) mass is 372 g/mol. The number of aliphatic hydroxyl groups is 1. The number of amides is 2. The Morgan fingerprint density at radius 3 is 2.33 bits per heavy atom. The molecule has 27 heavy (non-hydrogen) atoms. The van der Waals surface area contributed by atoms with Crippen LogP contribution in [-0.2, 0) is 14.3 Å². The fourth-order valence-electron chi connectivity index (χ4n) is 5.56. The van der Waals surface area contributed by atoms with Crippen molar-refractivity contribution in [1.82, 2.24) is 10.9 Å². The summed E-state index contributed by atoms with van der Waals surface area (Å²) in [6.45, 7) is -0.455. The molecule has 7 heteroatoms. The van der Waals surface area contributed by atoms with Crippen molar-refractivity contribution >= 4 is 17.8 Å². The lowest BCUT2D eigenvalue weighted by Crippen LogP contribution is -2.58. The molecule has 0 heterocycles. The minimum Gasteiger partial charge on any atom is -0.455 e. The Balaban J connectivity index is 1.28.